The summed E-state index contributed by atoms with van der Waals surface area (Å²) in [5.74, 6) is 1.11. The molecule has 0 saturated heterocycles. The van der Waals surface area contributed by atoms with Gasteiger partial charge in [0.15, 0.2) is 0 Å². The van der Waals surface area contributed by atoms with E-state index < -0.39 is 0 Å². The molecule has 0 amide bonds. The minimum atomic E-state index is 0.814. The number of rotatable bonds is 5. The lowest BCUT2D eigenvalue weighted by molar-refractivity contribution is 0.302. The molecular weight excluding hydrogens is 262 g/mol. The van der Waals surface area contributed by atoms with Gasteiger partial charge in [0.2, 0.25) is 0 Å². The average Bonchev–Trinajstić information content (AvgIpc) is 3.01. The van der Waals surface area contributed by atoms with Crippen LogP contribution in [0.4, 0.5) is 0 Å². The number of para-hydroxylation sites is 2. The second-order valence-electron chi connectivity index (χ2n) is 5.48. The van der Waals surface area contributed by atoms with Crippen LogP contribution in [0.25, 0.3) is 11.0 Å². The van der Waals surface area contributed by atoms with Crippen LogP contribution in [0.3, 0.4) is 0 Å². The van der Waals surface area contributed by atoms with Gasteiger partial charge in [-0.1, -0.05) is 12.1 Å². The fraction of sp³-hybridized carbons (Fsp3) is 0.375. The molecule has 1 N–H and O–H groups in total. The van der Waals surface area contributed by atoms with E-state index in [4.69, 9.17) is 4.98 Å². The minimum absolute atomic E-state index is 0.814. The topological polar surface area (TPSA) is 49.7 Å². The minimum Gasteiger partial charge on any atom is -0.327 e. The predicted molar refractivity (Wildman–Crippen MR) is 83.9 cm³/mol. The standard InChI is InChI=1S/C16H21N5/c1-4-21-15-8-6-5-7-14(15)17-16(21)11-20(3)10-13-9-12(2)18-19-13/h5-9H,4,10-11H2,1-3H3,(H,18,19). The number of fused-ring (bicyclic) bond motifs is 1. The summed E-state index contributed by atoms with van der Waals surface area (Å²) in [6.45, 7) is 6.75. The summed E-state index contributed by atoms with van der Waals surface area (Å²) in [4.78, 5) is 7.00. The number of benzene rings is 1. The summed E-state index contributed by atoms with van der Waals surface area (Å²) >= 11 is 0. The van der Waals surface area contributed by atoms with Gasteiger partial charge in [-0.25, -0.2) is 4.98 Å². The molecule has 2 aromatic heterocycles. The van der Waals surface area contributed by atoms with Crippen molar-refractivity contribution >= 4 is 11.0 Å². The maximum atomic E-state index is 4.76. The fourth-order valence-electron chi connectivity index (χ4n) is 2.73. The van der Waals surface area contributed by atoms with E-state index >= 15 is 0 Å². The number of nitrogens with zero attached hydrogens (tertiary/aromatic N) is 4. The van der Waals surface area contributed by atoms with Crippen LogP contribution in [-0.4, -0.2) is 31.7 Å². The summed E-state index contributed by atoms with van der Waals surface area (Å²) in [7, 11) is 2.10. The summed E-state index contributed by atoms with van der Waals surface area (Å²) < 4.78 is 2.28. The van der Waals surface area contributed by atoms with Crippen LogP contribution in [0.5, 0.6) is 0 Å². The maximum absolute atomic E-state index is 4.76. The zero-order chi connectivity index (χ0) is 14.8. The van der Waals surface area contributed by atoms with Gasteiger partial charge in [0, 0.05) is 18.8 Å². The molecule has 21 heavy (non-hydrogen) atoms. The summed E-state index contributed by atoms with van der Waals surface area (Å²) in [5, 5.41) is 7.27. The molecule has 0 aliphatic rings. The molecule has 5 nitrogen and oxygen atoms in total. The third-order valence-electron chi connectivity index (χ3n) is 3.65. The van der Waals surface area contributed by atoms with E-state index in [1.54, 1.807) is 0 Å². The molecule has 0 aliphatic heterocycles. The first kappa shape index (κ1) is 13.8. The van der Waals surface area contributed by atoms with Crippen LogP contribution in [0.1, 0.15) is 24.1 Å². The van der Waals surface area contributed by atoms with Gasteiger partial charge >= 0.3 is 0 Å². The molecule has 0 radical (unpaired) electrons. The van der Waals surface area contributed by atoms with Gasteiger partial charge in [0.1, 0.15) is 5.82 Å². The van der Waals surface area contributed by atoms with Gasteiger partial charge in [0.05, 0.1) is 23.3 Å². The van der Waals surface area contributed by atoms with Crippen LogP contribution in [0, 0.1) is 6.92 Å². The van der Waals surface area contributed by atoms with E-state index in [1.165, 1.54) is 5.52 Å². The summed E-state index contributed by atoms with van der Waals surface area (Å²) in [6.07, 6.45) is 0. The second kappa shape index (κ2) is 5.69. The number of aromatic amines is 1. The predicted octanol–water partition coefficient (Wildman–Crippen LogP) is 2.72. The molecule has 2 heterocycles. The number of hydrogen-bond donors (Lipinski definition) is 1. The third kappa shape index (κ3) is 2.83. The lowest BCUT2D eigenvalue weighted by atomic mass is 10.3. The highest BCUT2D eigenvalue weighted by Gasteiger charge is 2.12. The van der Waals surface area contributed by atoms with Crippen molar-refractivity contribution in [2.45, 2.75) is 33.5 Å². The van der Waals surface area contributed by atoms with Gasteiger partial charge in [-0.3, -0.25) is 10.00 Å². The molecule has 1 aromatic carbocycles. The number of aryl methyl sites for hydroxylation is 2. The molecule has 0 bridgehead atoms. The monoisotopic (exact) mass is 283 g/mol. The van der Waals surface area contributed by atoms with Crippen molar-refractivity contribution < 1.29 is 0 Å². The Hall–Kier alpha value is -2.14. The Kier molecular flexibility index (Phi) is 3.75. The van der Waals surface area contributed by atoms with Crippen molar-refractivity contribution in [1.29, 1.82) is 0 Å². The van der Waals surface area contributed by atoms with Crippen molar-refractivity contribution in [2.75, 3.05) is 7.05 Å². The molecule has 0 fully saturated rings. The zero-order valence-corrected chi connectivity index (χ0v) is 12.8. The third-order valence-corrected chi connectivity index (χ3v) is 3.65. The number of hydrogen-bond acceptors (Lipinski definition) is 3. The first-order valence-corrected chi connectivity index (χ1v) is 7.31. The smallest absolute Gasteiger partial charge is 0.124 e. The van der Waals surface area contributed by atoms with E-state index in [0.29, 0.717) is 0 Å². The lowest BCUT2D eigenvalue weighted by Crippen LogP contribution is -2.20. The molecule has 0 unspecified atom stereocenters. The van der Waals surface area contributed by atoms with Crippen LogP contribution in [-0.2, 0) is 19.6 Å². The Labute approximate surface area is 124 Å². The first-order chi connectivity index (χ1) is 10.2. The van der Waals surface area contributed by atoms with Crippen molar-refractivity contribution in [3.8, 4) is 0 Å². The molecule has 0 aliphatic carbocycles. The van der Waals surface area contributed by atoms with Gasteiger partial charge in [-0.15, -0.1) is 0 Å². The molecule has 0 spiro atoms. The Balaban J connectivity index is 1.80. The molecule has 3 rings (SSSR count). The molecular formula is C16H21N5. The molecule has 110 valence electrons. The molecule has 0 saturated carbocycles. The normalized spacial score (nSPS) is 11.6. The SMILES string of the molecule is CCn1c(CN(C)Cc2cc(C)[nH]n2)nc2ccccc21. The molecule has 0 atom stereocenters. The Morgan fingerprint density at radius 2 is 2.05 bits per heavy atom. The summed E-state index contributed by atoms with van der Waals surface area (Å²) in [5.41, 5.74) is 4.44. The van der Waals surface area contributed by atoms with Crippen LogP contribution < -0.4 is 0 Å². The largest absolute Gasteiger partial charge is 0.327 e. The van der Waals surface area contributed by atoms with E-state index in [1.807, 2.05) is 13.0 Å². The quantitative estimate of drug-likeness (QED) is 0.783. The van der Waals surface area contributed by atoms with Crippen LogP contribution >= 0.6 is 0 Å². The first-order valence-electron chi connectivity index (χ1n) is 7.31. The number of aromatic nitrogens is 4. The number of H-pyrrole nitrogens is 1. The van der Waals surface area contributed by atoms with Crippen molar-refractivity contribution in [3.63, 3.8) is 0 Å². The van der Waals surface area contributed by atoms with Crippen molar-refractivity contribution in [1.82, 2.24) is 24.6 Å². The highest BCUT2D eigenvalue weighted by atomic mass is 15.2. The number of nitrogens with one attached hydrogen (secondary N) is 1. The van der Waals surface area contributed by atoms with E-state index in [0.717, 1.165) is 42.4 Å². The van der Waals surface area contributed by atoms with Crippen molar-refractivity contribution in [3.05, 3.63) is 47.5 Å². The second-order valence-corrected chi connectivity index (χ2v) is 5.48. The van der Waals surface area contributed by atoms with Crippen molar-refractivity contribution in [2.24, 2.45) is 0 Å². The molecule has 5 heteroatoms. The van der Waals surface area contributed by atoms with Gasteiger partial charge < -0.3 is 4.57 Å². The average molecular weight is 283 g/mol. The van der Waals surface area contributed by atoms with Crippen LogP contribution in [0.2, 0.25) is 0 Å². The lowest BCUT2D eigenvalue weighted by Gasteiger charge is -2.15. The fourth-order valence-corrected chi connectivity index (χ4v) is 2.73. The Morgan fingerprint density at radius 3 is 2.76 bits per heavy atom. The molecule has 3 aromatic rings. The summed E-state index contributed by atoms with van der Waals surface area (Å²) in [6, 6.07) is 10.4. The van der Waals surface area contributed by atoms with E-state index in [9.17, 15) is 0 Å². The Bertz CT molecular complexity index is 740. The van der Waals surface area contributed by atoms with Crippen LogP contribution in [0.15, 0.2) is 30.3 Å². The van der Waals surface area contributed by atoms with Gasteiger partial charge in [0.25, 0.3) is 0 Å². The highest BCUT2D eigenvalue weighted by Crippen LogP contribution is 2.17. The van der Waals surface area contributed by atoms with Gasteiger partial charge in [-0.05, 0) is 39.1 Å². The zero-order valence-electron chi connectivity index (χ0n) is 12.8. The number of imidazole rings is 1. The van der Waals surface area contributed by atoms with Gasteiger partial charge in [-0.2, -0.15) is 5.10 Å². The Morgan fingerprint density at radius 1 is 1.24 bits per heavy atom. The highest BCUT2D eigenvalue weighted by molar-refractivity contribution is 5.75. The van der Waals surface area contributed by atoms with E-state index in [-0.39, 0.29) is 0 Å². The van der Waals surface area contributed by atoms with E-state index in [2.05, 4.69) is 57.9 Å². The maximum Gasteiger partial charge on any atom is 0.124 e.